The molecule has 0 radical (unpaired) electrons. The van der Waals surface area contributed by atoms with Gasteiger partial charge in [0.05, 0.1) is 0 Å². The summed E-state index contributed by atoms with van der Waals surface area (Å²) in [5.41, 5.74) is 4.53. The third-order valence-corrected chi connectivity index (χ3v) is 2.90. The first-order valence-corrected chi connectivity index (χ1v) is 5.74. The average molecular weight is 226 g/mol. The third kappa shape index (κ3) is 2.06. The number of nitrogens with one attached hydrogen (secondary N) is 2. The fourth-order valence-corrected chi connectivity index (χ4v) is 2.04. The average Bonchev–Trinajstić information content (AvgIpc) is 2.92. The van der Waals surface area contributed by atoms with E-state index in [-0.39, 0.29) is 0 Å². The number of rotatable bonds is 3. The molecule has 0 aliphatic rings. The monoisotopic (exact) mass is 226 g/mol. The third-order valence-electron chi connectivity index (χ3n) is 2.90. The fraction of sp³-hybridized carbons (Fsp3) is 0.231. The van der Waals surface area contributed by atoms with Crippen molar-refractivity contribution in [2.24, 2.45) is 0 Å². The van der Waals surface area contributed by atoms with Gasteiger partial charge < -0.3 is 4.98 Å². The Balaban J connectivity index is 1.81. The highest BCUT2D eigenvalue weighted by Crippen LogP contribution is 2.15. The van der Waals surface area contributed by atoms with Crippen molar-refractivity contribution in [3.63, 3.8) is 0 Å². The minimum Gasteiger partial charge on any atom is -0.344 e. The van der Waals surface area contributed by atoms with Gasteiger partial charge in [0.25, 0.3) is 0 Å². The molecule has 0 aliphatic carbocycles. The van der Waals surface area contributed by atoms with Crippen molar-refractivity contribution in [1.82, 2.24) is 20.2 Å². The maximum Gasteiger partial charge on any atom is 0.137 e. The Labute approximate surface area is 99.1 Å². The minimum absolute atomic E-state index is 0.966. The molecule has 0 unspecified atom stereocenters. The molecule has 0 aliphatic heterocycles. The molecular formula is C13H14N4. The molecule has 4 heteroatoms. The smallest absolute Gasteiger partial charge is 0.137 e. The number of hydrogen-bond acceptors (Lipinski definition) is 2. The van der Waals surface area contributed by atoms with Crippen LogP contribution in [0, 0.1) is 6.92 Å². The number of H-pyrrole nitrogens is 2. The van der Waals surface area contributed by atoms with Crippen LogP contribution in [-0.2, 0) is 12.8 Å². The summed E-state index contributed by atoms with van der Waals surface area (Å²) in [7, 11) is 0. The van der Waals surface area contributed by atoms with E-state index in [4.69, 9.17) is 0 Å². The first-order chi connectivity index (χ1) is 8.31. The molecule has 0 fully saturated rings. The quantitative estimate of drug-likeness (QED) is 0.720. The van der Waals surface area contributed by atoms with Crippen LogP contribution in [0.3, 0.4) is 0 Å². The van der Waals surface area contributed by atoms with Gasteiger partial charge in [-0.25, -0.2) is 4.98 Å². The Kier molecular flexibility index (Phi) is 2.40. The molecule has 3 aromatic heterocycles. The minimum atomic E-state index is 0.966. The second-order valence-corrected chi connectivity index (χ2v) is 4.32. The lowest BCUT2D eigenvalue weighted by molar-refractivity contribution is 0.890. The number of pyridine rings is 1. The Hall–Kier alpha value is -2.10. The molecule has 0 saturated carbocycles. The van der Waals surface area contributed by atoms with E-state index in [1.54, 1.807) is 6.20 Å². The lowest BCUT2D eigenvalue weighted by Crippen LogP contribution is -1.92. The summed E-state index contributed by atoms with van der Waals surface area (Å²) in [4.78, 5) is 7.65. The van der Waals surface area contributed by atoms with Crippen LogP contribution in [0.15, 0.2) is 30.6 Å². The number of hydrogen-bond donors (Lipinski definition) is 2. The second-order valence-electron chi connectivity index (χ2n) is 4.32. The first-order valence-electron chi connectivity index (χ1n) is 5.74. The molecule has 0 aromatic carbocycles. The van der Waals surface area contributed by atoms with E-state index in [0.29, 0.717) is 0 Å². The number of aromatic nitrogens is 4. The van der Waals surface area contributed by atoms with E-state index in [2.05, 4.69) is 32.3 Å². The standard InChI is InChI=1S/C13H14N4/c1-9-6-11-7-10(8-14-13(11)16-9)2-3-12-4-5-15-17-12/h4-8H,2-3H2,1H3,(H,14,16)(H,15,17). The van der Waals surface area contributed by atoms with Crippen LogP contribution in [0.1, 0.15) is 17.0 Å². The van der Waals surface area contributed by atoms with Gasteiger partial charge in [-0.1, -0.05) is 0 Å². The van der Waals surface area contributed by atoms with Crippen LogP contribution < -0.4 is 0 Å². The van der Waals surface area contributed by atoms with Gasteiger partial charge in [0.1, 0.15) is 5.65 Å². The predicted octanol–water partition coefficient (Wildman–Crippen LogP) is 2.38. The van der Waals surface area contributed by atoms with Crippen molar-refractivity contribution in [3.8, 4) is 0 Å². The largest absolute Gasteiger partial charge is 0.344 e. The number of aryl methyl sites for hydroxylation is 3. The highest BCUT2D eigenvalue weighted by molar-refractivity contribution is 5.76. The lowest BCUT2D eigenvalue weighted by Gasteiger charge is -1.99. The van der Waals surface area contributed by atoms with Crippen LogP contribution in [0.4, 0.5) is 0 Å². The molecule has 2 N–H and O–H groups in total. The summed E-state index contributed by atoms with van der Waals surface area (Å²) in [6.45, 7) is 2.05. The van der Waals surface area contributed by atoms with Gasteiger partial charge in [-0.15, -0.1) is 0 Å². The van der Waals surface area contributed by atoms with E-state index in [9.17, 15) is 0 Å². The summed E-state index contributed by atoms with van der Waals surface area (Å²) in [5, 5.41) is 8.10. The van der Waals surface area contributed by atoms with Crippen LogP contribution in [0.25, 0.3) is 11.0 Å². The maximum absolute atomic E-state index is 4.42. The van der Waals surface area contributed by atoms with E-state index >= 15 is 0 Å². The zero-order valence-electron chi connectivity index (χ0n) is 9.70. The molecule has 0 bridgehead atoms. The fourth-order valence-electron chi connectivity index (χ4n) is 2.04. The molecule has 4 nitrogen and oxygen atoms in total. The molecular weight excluding hydrogens is 212 g/mol. The zero-order valence-corrected chi connectivity index (χ0v) is 9.70. The highest BCUT2D eigenvalue weighted by Gasteiger charge is 2.02. The summed E-state index contributed by atoms with van der Waals surface area (Å²) in [6.07, 6.45) is 5.67. The zero-order chi connectivity index (χ0) is 11.7. The molecule has 0 saturated heterocycles. The van der Waals surface area contributed by atoms with Crippen molar-refractivity contribution in [2.45, 2.75) is 19.8 Å². The molecule has 0 atom stereocenters. The van der Waals surface area contributed by atoms with Crippen molar-refractivity contribution in [2.75, 3.05) is 0 Å². The summed E-state index contributed by atoms with van der Waals surface area (Å²) < 4.78 is 0. The van der Waals surface area contributed by atoms with Crippen LogP contribution in [0.2, 0.25) is 0 Å². The van der Waals surface area contributed by atoms with E-state index in [0.717, 1.165) is 29.9 Å². The Bertz CT molecular complexity index is 622. The van der Waals surface area contributed by atoms with Crippen molar-refractivity contribution in [3.05, 3.63) is 47.5 Å². The van der Waals surface area contributed by atoms with E-state index in [1.807, 2.05) is 19.2 Å². The van der Waals surface area contributed by atoms with Gasteiger partial charge in [0.2, 0.25) is 0 Å². The van der Waals surface area contributed by atoms with Gasteiger partial charge in [-0.2, -0.15) is 5.10 Å². The molecule has 17 heavy (non-hydrogen) atoms. The second kappa shape index (κ2) is 4.05. The van der Waals surface area contributed by atoms with E-state index < -0.39 is 0 Å². The summed E-state index contributed by atoms with van der Waals surface area (Å²) >= 11 is 0. The normalized spacial score (nSPS) is 11.1. The van der Waals surface area contributed by atoms with Gasteiger partial charge in [0, 0.05) is 29.2 Å². The van der Waals surface area contributed by atoms with Crippen molar-refractivity contribution >= 4 is 11.0 Å². The van der Waals surface area contributed by atoms with E-state index in [1.165, 1.54) is 10.9 Å². The van der Waals surface area contributed by atoms with Gasteiger partial charge in [-0.05, 0) is 43.5 Å². The molecule has 3 aromatic rings. The van der Waals surface area contributed by atoms with Crippen molar-refractivity contribution < 1.29 is 0 Å². The van der Waals surface area contributed by atoms with Crippen LogP contribution in [0.5, 0.6) is 0 Å². The summed E-state index contributed by atoms with van der Waals surface area (Å²) in [6, 6.07) is 6.33. The topological polar surface area (TPSA) is 57.4 Å². The Morgan fingerprint density at radius 3 is 3.00 bits per heavy atom. The molecule has 86 valence electrons. The first kappa shape index (κ1) is 10.1. The Morgan fingerprint density at radius 2 is 2.18 bits per heavy atom. The van der Waals surface area contributed by atoms with Crippen LogP contribution in [-0.4, -0.2) is 20.2 Å². The summed E-state index contributed by atoms with van der Waals surface area (Å²) in [5.74, 6) is 0. The number of nitrogens with zero attached hydrogens (tertiary/aromatic N) is 2. The van der Waals surface area contributed by atoms with Crippen LogP contribution >= 0.6 is 0 Å². The van der Waals surface area contributed by atoms with Crippen molar-refractivity contribution in [1.29, 1.82) is 0 Å². The van der Waals surface area contributed by atoms with Gasteiger partial charge >= 0.3 is 0 Å². The molecule has 0 amide bonds. The number of aromatic amines is 2. The lowest BCUT2D eigenvalue weighted by atomic mass is 10.1. The molecule has 0 spiro atoms. The molecule has 3 heterocycles. The number of fused-ring (bicyclic) bond motifs is 1. The predicted molar refractivity (Wildman–Crippen MR) is 66.8 cm³/mol. The van der Waals surface area contributed by atoms with Gasteiger partial charge in [0.15, 0.2) is 0 Å². The Morgan fingerprint density at radius 1 is 1.24 bits per heavy atom. The highest BCUT2D eigenvalue weighted by atomic mass is 15.1. The maximum atomic E-state index is 4.42. The molecule has 3 rings (SSSR count). The van der Waals surface area contributed by atoms with Gasteiger partial charge in [-0.3, -0.25) is 5.10 Å². The SMILES string of the molecule is Cc1cc2cc(CCc3ccn[nH]3)cnc2[nH]1.